The van der Waals surface area contributed by atoms with Crippen LogP contribution in [0.3, 0.4) is 0 Å². The summed E-state index contributed by atoms with van der Waals surface area (Å²) in [5.74, 6) is 0.229. The molecule has 0 fully saturated rings. The van der Waals surface area contributed by atoms with E-state index in [1.807, 2.05) is 0 Å². The zero-order valence-corrected chi connectivity index (χ0v) is 14.0. The van der Waals surface area contributed by atoms with E-state index in [1.165, 1.54) is 45.2 Å². The first-order valence-electron chi connectivity index (χ1n) is 8.73. The van der Waals surface area contributed by atoms with Crippen molar-refractivity contribution in [3.63, 3.8) is 0 Å². The lowest BCUT2D eigenvalue weighted by molar-refractivity contribution is -0.121. The van der Waals surface area contributed by atoms with Gasteiger partial charge in [-0.2, -0.15) is 0 Å². The Balaban J connectivity index is 3.62. The summed E-state index contributed by atoms with van der Waals surface area (Å²) in [5.41, 5.74) is 0. The molecule has 0 aliphatic rings. The van der Waals surface area contributed by atoms with Crippen LogP contribution in [0.2, 0.25) is 0 Å². The number of amides is 1. The van der Waals surface area contributed by atoms with Crippen LogP contribution in [0.1, 0.15) is 78.6 Å². The van der Waals surface area contributed by atoms with Gasteiger partial charge in [-0.05, 0) is 45.3 Å². The van der Waals surface area contributed by atoms with E-state index in [4.69, 9.17) is 0 Å². The van der Waals surface area contributed by atoms with Crippen molar-refractivity contribution in [3.8, 4) is 0 Å². The molecule has 0 aromatic heterocycles. The normalized spacial score (nSPS) is 11.0. The van der Waals surface area contributed by atoms with Crippen molar-refractivity contribution < 1.29 is 4.79 Å². The predicted molar refractivity (Wildman–Crippen MR) is 88.0 cm³/mol. The van der Waals surface area contributed by atoms with E-state index in [-0.39, 0.29) is 5.91 Å². The Morgan fingerprint density at radius 3 is 1.90 bits per heavy atom. The number of unbranched alkanes of at least 4 members (excludes halogenated alkanes) is 4. The fourth-order valence-electron chi connectivity index (χ4n) is 2.25. The molecule has 0 rings (SSSR count). The Morgan fingerprint density at radius 2 is 1.35 bits per heavy atom. The molecule has 3 nitrogen and oxygen atoms in total. The van der Waals surface area contributed by atoms with Gasteiger partial charge in [-0.15, -0.1) is 0 Å². The van der Waals surface area contributed by atoms with Gasteiger partial charge in [0.15, 0.2) is 0 Å². The van der Waals surface area contributed by atoms with Gasteiger partial charge in [-0.25, -0.2) is 0 Å². The molecule has 0 radical (unpaired) electrons. The maximum atomic E-state index is 11.6. The Labute approximate surface area is 126 Å². The lowest BCUT2D eigenvalue weighted by Crippen LogP contribution is -2.31. The summed E-state index contributed by atoms with van der Waals surface area (Å²) in [6.07, 6.45) is 10.2. The molecule has 3 heteroatoms. The van der Waals surface area contributed by atoms with Gasteiger partial charge < -0.3 is 10.2 Å². The van der Waals surface area contributed by atoms with E-state index in [1.54, 1.807) is 0 Å². The van der Waals surface area contributed by atoms with Gasteiger partial charge in [-0.3, -0.25) is 4.79 Å². The highest BCUT2D eigenvalue weighted by Crippen LogP contribution is 2.01. The SMILES string of the molecule is CCCCCC(=O)NCCCN(CCCC)CCCC. The second-order valence-electron chi connectivity index (χ2n) is 5.71. The fraction of sp³-hybridized carbons (Fsp3) is 0.941. The summed E-state index contributed by atoms with van der Waals surface area (Å²) < 4.78 is 0. The van der Waals surface area contributed by atoms with E-state index in [0.717, 1.165) is 32.4 Å². The fourth-order valence-corrected chi connectivity index (χ4v) is 2.25. The van der Waals surface area contributed by atoms with Crippen LogP contribution in [0, 0.1) is 0 Å². The molecule has 0 spiro atoms. The topological polar surface area (TPSA) is 32.3 Å². The molecule has 0 aliphatic carbocycles. The van der Waals surface area contributed by atoms with Gasteiger partial charge in [0.25, 0.3) is 0 Å². The van der Waals surface area contributed by atoms with Crippen molar-refractivity contribution in [3.05, 3.63) is 0 Å². The zero-order chi connectivity index (χ0) is 15.1. The van der Waals surface area contributed by atoms with E-state index in [0.29, 0.717) is 6.42 Å². The van der Waals surface area contributed by atoms with Crippen molar-refractivity contribution in [1.82, 2.24) is 10.2 Å². The molecule has 0 bridgehead atoms. The molecule has 120 valence electrons. The largest absolute Gasteiger partial charge is 0.356 e. The monoisotopic (exact) mass is 284 g/mol. The Kier molecular flexibility index (Phi) is 14.4. The lowest BCUT2D eigenvalue weighted by atomic mass is 10.2. The summed E-state index contributed by atoms with van der Waals surface area (Å²) in [6.45, 7) is 11.0. The van der Waals surface area contributed by atoms with Gasteiger partial charge in [0.05, 0.1) is 0 Å². The van der Waals surface area contributed by atoms with Crippen molar-refractivity contribution >= 4 is 5.91 Å². The summed E-state index contributed by atoms with van der Waals surface area (Å²) in [6, 6.07) is 0. The van der Waals surface area contributed by atoms with Crippen molar-refractivity contribution in [1.29, 1.82) is 0 Å². The van der Waals surface area contributed by atoms with Gasteiger partial charge in [0, 0.05) is 13.0 Å². The van der Waals surface area contributed by atoms with Crippen LogP contribution in [-0.2, 0) is 4.79 Å². The third-order valence-electron chi connectivity index (χ3n) is 3.64. The number of carbonyl (C=O) groups excluding carboxylic acids is 1. The third-order valence-corrected chi connectivity index (χ3v) is 3.64. The maximum absolute atomic E-state index is 11.6. The van der Waals surface area contributed by atoms with Crippen LogP contribution < -0.4 is 5.32 Å². The minimum Gasteiger partial charge on any atom is -0.356 e. The van der Waals surface area contributed by atoms with Gasteiger partial charge in [0.2, 0.25) is 5.91 Å². The van der Waals surface area contributed by atoms with E-state index >= 15 is 0 Å². The Hall–Kier alpha value is -0.570. The summed E-state index contributed by atoms with van der Waals surface area (Å²) in [4.78, 5) is 14.1. The smallest absolute Gasteiger partial charge is 0.219 e. The van der Waals surface area contributed by atoms with Gasteiger partial charge in [-0.1, -0.05) is 46.5 Å². The summed E-state index contributed by atoms with van der Waals surface area (Å²) in [7, 11) is 0. The molecule has 0 unspecified atom stereocenters. The number of hydrogen-bond acceptors (Lipinski definition) is 2. The highest BCUT2D eigenvalue weighted by Gasteiger charge is 2.04. The average Bonchev–Trinajstić information content (AvgIpc) is 2.45. The first-order valence-corrected chi connectivity index (χ1v) is 8.73. The molecule has 0 aromatic carbocycles. The van der Waals surface area contributed by atoms with Crippen molar-refractivity contribution in [2.75, 3.05) is 26.2 Å². The number of nitrogens with zero attached hydrogens (tertiary/aromatic N) is 1. The van der Waals surface area contributed by atoms with E-state index in [2.05, 4.69) is 31.0 Å². The molecule has 1 N–H and O–H groups in total. The van der Waals surface area contributed by atoms with Crippen LogP contribution >= 0.6 is 0 Å². The quantitative estimate of drug-likeness (QED) is 0.489. The molecule has 0 atom stereocenters. The van der Waals surface area contributed by atoms with Crippen molar-refractivity contribution in [2.45, 2.75) is 78.6 Å². The van der Waals surface area contributed by atoms with Crippen LogP contribution in [0.25, 0.3) is 0 Å². The molecule has 0 heterocycles. The standard InChI is InChI=1S/C17H36N2O/c1-4-7-10-12-17(20)18-13-11-16-19(14-8-5-2)15-9-6-3/h4-16H2,1-3H3,(H,18,20). The highest BCUT2D eigenvalue weighted by atomic mass is 16.1. The first kappa shape index (κ1) is 19.4. The average molecular weight is 284 g/mol. The molecular formula is C17H36N2O. The third kappa shape index (κ3) is 12.5. The number of nitrogens with one attached hydrogen (secondary N) is 1. The lowest BCUT2D eigenvalue weighted by Gasteiger charge is -2.21. The minimum absolute atomic E-state index is 0.229. The van der Waals surface area contributed by atoms with Crippen LogP contribution in [0.15, 0.2) is 0 Å². The second-order valence-corrected chi connectivity index (χ2v) is 5.71. The molecule has 20 heavy (non-hydrogen) atoms. The molecule has 1 amide bonds. The molecule has 0 aromatic rings. The predicted octanol–water partition coefficient (Wildman–Crippen LogP) is 3.98. The van der Waals surface area contributed by atoms with Crippen molar-refractivity contribution in [2.24, 2.45) is 0 Å². The van der Waals surface area contributed by atoms with Crippen LogP contribution in [-0.4, -0.2) is 37.0 Å². The van der Waals surface area contributed by atoms with Crippen LogP contribution in [0.5, 0.6) is 0 Å². The first-order chi connectivity index (χ1) is 9.74. The van der Waals surface area contributed by atoms with E-state index < -0.39 is 0 Å². The molecule has 0 saturated heterocycles. The second kappa shape index (κ2) is 14.8. The van der Waals surface area contributed by atoms with E-state index in [9.17, 15) is 4.79 Å². The zero-order valence-electron chi connectivity index (χ0n) is 14.0. The Bertz CT molecular complexity index is 211. The molecule has 0 aliphatic heterocycles. The number of carbonyl (C=O) groups is 1. The maximum Gasteiger partial charge on any atom is 0.219 e. The summed E-state index contributed by atoms with van der Waals surface area (Å²) >= 11 is 0. The number of hydrogen-bond donors (Lipinski definition) is 1. The minimum atomic E-state index is 0.229. The number of rotatable bonds is 14. The molecule has 0 saturated carbocycles. The summed E-state index contributed by atoms with van der Waals surface area (Å²) in [5, 5.41) is 3.04. The Morgan fingerprint density at radius 1 is 0.800 bits per heavy atom. The molecular weight excluding hydrogens is 248 g/mol. The van der Waals surface area contributed by atoms with Gasteiger partial charge in [0.1, 0.15) is 0 Å². The highest BCUT2D eigenvalue weighted by molar-refractivity contribution is 5.75. The van der Waals surface area contributed by atoms with Gasteiger partial charge >= 0.3 is 0 Å². The van der Waals surface area contributed by atoms with Crippen LogP contribution in [0.4, 0.5) is 0 Å².